The van der Waals surface area contributed by atoms with E-state index >= 15 is 0 Å². The topological polar surface area (TPSA) is 73.8 Å². The second-order valence-electron chi connectivity index (χ2n) is 5.60. The molecule has 26 heavy (non-hydrogen) atoms. The Kier molecular flexibility index (Phi) is 4.33. The molecular formula is C19H13ClN4O2. The molecule has 2 aromatic carbocycles. The lowest BCUT2D eigenvalue weighted by Gasteiger charge is -2.04. The van der Waals surface area contributed by atoms with Gasteiger partial charge in [-0.25, -0.2) is 4.68 Å². The number of benzene rings is 2. The summed E-state index contributed by atoms with van der Waals surface area (Å²) >= 11 is 5.88. The Morgan fingerprint density at radius 3 is 2.46 bits per heavy atom. The number of halogens is 1. The Balaban J connectivity index is 1.62. The second-order valence-corrected chi connectivity index (χ2v) is 6.04. The standard InChI is InChI=1S/C19H13ClN4O2/c20-15-8-6-14(7-9-15)19-21-17(26-23-19)12-24-18(25)11-10-16(22-24)13-4-2-1-3-5-13/h1-11H,12H2. The molecular weight excluding hydrogens is 352 g/mol. The van der Waals surface area contributed by atoms with Crippen molar-refractivity contribution in [1.82, 2.24) is 19.9 Å². The van der Waals surface area contributed by atoms with Gasteiger partial charge in [-0.1, -0.05) is 47.1 Å². The van der Waals surface area contributed by atoms with Gasteiger partial charge in [0.1, 0.15) is 6.54 Å². The Morgan fingerprint density at radius 1 is 0.923 bits per heavy atom. The molecule has 2 aromatic heterocycles. The minimum absolute atomic E-state index is 0.0973. The quantitative estimate of drug-likeness (QED) is 0.552. The molecule has 2 heterocycles. The average molecular weight is 365 g/mol. The summed E-state index contributed by atoms with van der Waals surface area (Å²) in [6.07, 6.45) is 0. The fraction of sp³-hybridized carbons (Fsp3) is 0.0526. The molecule has 0 fully saturated rings. The van der Waals surface area contributed by atoms with Gasteiger partial charge in [-0.15, -0.1) is 0 Å². The van der Waals surface area contributed by atoms with Gasteiger partial charge in [0, 0.05) is 22.2 Å². The lowest BCUT2D eigenvalue weighted by molar-refractivity contribution is 0.363. The molecule has 0 N–H and O–H groups in total. The summed E-state index contributed by atoms with van der Waals surface area (Å²) in [7, 11) is 0. The van der Waals surface area contributed by atoms with Crippen LogP contribution < -0.4 is 5.56 Å². The zero-order chi connectivity index (χ0) is 17.9. The summed E-state index contributed by atoms with van der Waals surface area (Å²) in [5.74, 6) is 0.735. The zero-order valence-corrected chi connectivity index (χ0v) is 14.3. The maximum Gasteiger partial charge on any atom is 0.267 e. The van der Waals surface area contributed by atoms with Crippen LogP contribution in [0.1, 0.15) is 5.89 Å². The second kappa shape index (κ2) is 6.93. The van der Waals surface area contributed by atoms with Gasteiger partial charge in [0.25, 0.3) is 5.56 Å². The molecule has 7 heteroatoms. The normalized spacial score (nSPS) is 10.8. The SMILES string of the molecule is O=c1ccc(-c2ccccc2)nn1Cc1nc(-c2ccc(Cl)cc2)no1. The number of hydrogen-bond donors (Lipinski definition) is 0. The smallest absolute Gasteiger partial charge is 0.267 e. The van der Waals surface area contributed by atoms with E-state index in [-0.39, 0.29) is 12.1 Å². The van der Waals surface area contributed by atoms with Crippen LogP contribution in [-0.4, -0.2) is 19.9 Å². The first-order valence-corrected chi connectivity index (χ1v) is 8.29. The molecule has 0 aliphatic rings. The summed E-state index contributed by atoms with van der Waals surface area (Å²) in [6, 6.07) is 19.9. The van der Waals surface area contributed by atoms with Crippen LogP contribution in [-0.2, 0) is 6.54 Å². The van der Waals surface area contributed by atoms with Gasteiger partial charge in [-0.05, 0) is 30.3 Å². The Morgan fingerprint density at radius 2 is 1.69 bits per heavy atom. The van der Waals surface area contributed by atoms with E-state index in [1.54, 1.807) is 30.3 Å². The summed E-state index contributed by atoms with van der Waals surface area (Å²) in [5, 5.41) is 8.97. The number of hydrogen-bond acceptors (Lipinski definition) is 5. The van der Waals surface area contributed by atoms with Gasteiger partial charge in [0.05, 0.1) is 5.69 Å². The van der Waals surface area contributed by atoms with Gasteiger partial charge >= 0.3 is 0 Å². The predicted molar refractivity (Wildman–Crippen MR) is 97.8 cm³/mol. The summed E-state index contributed by atoms with van der Waals surface area (Å²) < 4.78 is 6.57. The highest BCUT2D eigenvalue weighted by Crippen LogP contribution is 2.19. The van der Waals surface area contributed by atoms with Crippen LogP contribution in [0.15, 0.2) is 76.0 Å². The molecule has 4 rings (SSSR count). The van der Waals surface area contributed by atoms with Crippen molar-refractivity contribution in [3.8, 4) is 22.6 Å². The van der Waals surface area contributed by atoms with Gasteiger partial charge in [0.2, 0.25) is 11.7 Å². The molecule has 0 saturated carbocycles. The third-order valence-corrected chi connectivity index (χ3v) is 4.04. The minimum Gasteiger partial charge on any atom is -0.337 e. The first-order valence-electron chi connectivity index (χ1n) is 7.91. The third kappa shape index (κ3) is 3.41. The molecule has 128 valence electrons. The Bertz CT molecular complexity index is 1090. The number of aromatic nitrogens is 4. The minimum atomic E-state index is -0.240. The van der Waals surface area contributed by atoms with Gasteiger partial charge < -0.3 is 4.52 Å². The number of rotatable bonds is 4. The predicted octanol–water partition coefficient (Wildman–Crippen LogP) is 3.66. The first-order chi connectivity index (χ1) is 12.7. The molecule has 0 bridgehead atoms. The van der Waals surface area contributed by atoms with Crippen molar-refractivity contribution in [1.29, 1.82) is 0 Å². The van der Waals surface area contributed by atoms with E-state index in [0.717, 1.165) is 11.1 Å². The van der Waals surface area contributed by atoms with Crippen LogP contribution in [0.4, 0.5) is 0 Å². The van der Waals surface area contributed by atoms with Gasteiger partial charge in [0.15, 0.2) is 0 Å². The molecule has 0 spiro atoms. The van der Waals surface area contributed by atoms with E-state index in [2.05, 4.69) is 15.2 Å². The van der Waals surface area contributed by atoms with E-state index in [1.807, 2.05) is 30.3 Å². The van der Waals surface area contributed by atoms with Crippen molar-refractivity contribution >= 4 is 11.6 Å². The lowest BCUT2D eigenvalue weighted by atomic mass is 10.1. The summed E-state index contributed by atoms with van der Waals surface area (Å²) in [4.78, 5) is 16.4. The fourth-order valence-electron chi connectivity index (χ4n) is 2.49. The van der Waals surface area contributed by atoms with Crippen LogP contribution in [0.5, 0.6) is 0 Å². The summed E-state index contributed by atoms with van der Waals surface area (Å²) in [5.41, 5.74) is 2.16. The molecule has 0 radical (unpaired) electrons. The molecule has 4 aromatic rings. The molecule has 0 amide bonds. The molecule has 0 aliphatic heterocycles. The van der Waals surface area contributed by atoms with Crippen molar-refractivity contribution in [2.24, 2.45) is 0 Å². The third-order valence-electron chi connectivity index (χ3n) is 3.79. The van der Waals surface area contributed by atoms with E-state index in [4.69, 9.17) is 16.1 Å². The molecule has 0 unspecified atom stereocenters. The highest BCUT2D eigenvalue weighted by molar-refractivity contribution is 6.30. The van der Waals surface area contributed by atoms with Gasteiger partial charge in [-0.3, -0.25) is 4.79 Å². The van der Waals surface area contributed by atoms with E-state index in [0.29, 0.717) is 22.4 Å². The van der Waals surface area contributed by atoms with Crippen LogP contribution in [0, 0.1) is 0 Å². The van der Waals surface area contributed by atoms with Gasteiger partial charge in [-0.2, -0.15) is 10.1 Å². The van der Waals surface area contributed by atoms with Crippen molar-refractivity contribution in [2.45, 2.75) is 6.54 Å². The highest BCUT2D eigenvalue weighted by Gasteiger charge is 2.11. The van der Waals surface area contributed by atoms with Crippen LogP contribution >= 0.6 is 11.6 Å². The van der Waals surface area contributed by atoms with E-state index in [9.17, 15) is 4.79 Å². The van der Waals surface area contributed by atoms with Crippen LogP contribution in [0.3, 0.4) is 0 Å². The molecule has 0 saturated heterocycles. The molecule has 0 aliphatic carbocycles. The zero-order valence-electron chi connectivity index (χ0n) is 13.5. The number of nitrogens with zero attached hydrogens (tertiary/aromatic N) is 4. The van der Waals surface area contributed by atoms with Crippen molar-refractivity contribution in [2.75, 3.05) is 0 Å². The largest absolute Gasteiger partial charge is 0.337 e. The maximum absolute atomic E-state index is 12.1. The first kappa shape index (κ1) is 16.2. The fourth-order valence-corrected chi connectivity index (χ4v) is 2.61. The summed E-state index contributed by atoms with van der Waals surface area (Å²) in [6.45, 7) is 0.0973. The van der Waals surface area contributed by atoms with E-state index < -0.39 is 0 Å². The van der Waals surface area contributed by atoms with Crippen LogP contribution in [0.25, 0.3) is 22.6 Å². The van der Waals surface area contributed by atoms with Crippen molar-refractivity contribution in [3.63, 3.8) is 0 Å². The van der Waals surface area contributed by atoms with E-state index in [1.165, 1.54) is 10.7 Å². The van der Waals surface area contributed by atoms with Crippen molar-refractivity contribution < 1.29 is 4.52 Å². The van der Waals surface area contributed by atoms with Crippen molar-refractivity contribution in [3.05, 3.63) is 88.0 Å². The maximum atomic E-state index is 12.1. The highest BCUT2D eigenvalue weighted by atomic mass is 35.5. The monoisotopic (exact) mass is 364 g/mol. The Hall–Kier alpha value is -3.25. The van der Waals surface area contributed by atoms with Crippen LogP contribution in [0.2, 0.25) is 5.02 Å². The average Bonchev–Trinajstić information content (AvgIpc) is 3.13. The lowest BCUT2D eigenvalue weighted by Crippen LogP contribution is -2.23. The molecule has 6 nitrogen and oxygen atoms in total. The Labute approximate surface area is 153 Å². The molecule has 0 atom stereocenters.